The molecule has 17 heavy (non-hydrogen) atoms. The largest absolute Gasteiger partial charge is 0.327 e. The second-order valence-corrected chi connectivity index (χ2v) is 7.41. The number of aryl methyl sites for hydroxylation is 1. The van der Waals surface area contributed by atoms with Crippen LogP contribution in [0, 0.1) is 0 Å². The van der Waals surface area contributed by atoms with E-state index in [0.29, 0.717) is 10.8 Å². The first-order valence-corrected chi connectivity index (χ1v) is 7.39. The monoisotopic (exact) mass is 251 g/mol. The maximum absolute atomic E-state index is 6.12. The fraction of sp³-hybridized carbons (Fsp3) is 0.600. The van der Waals surface area contributed by atoms with Gasteiger partial charge in [0.1, 0.15) is 0 Å². The Balaban J connectivity index is 2.14. The third-order valence-electron chi connectivity index (χ3n) is 2.61. The summed E-state index contributed by atoms with van der Waals surface area (Å²) in [7, 11) is 0. The standard InChI is InChI=1S/C15H25NS/c1-15(2,3)17-12-14(16)11-7-10-13-8-5-4-6-9-13/h4-6,8-9,14H,7,10-12,16H2,1-3H3. The highest BCUT2D eigenvalue weighted by atomic mass is 32.2. The van der Waals surface area contributed by atoms with E-state index in [1.165, 1.54) is 12.0 Å². The summed E-state index contributed by atoms with van der Waals surface area (Å²) in [4.78, 5) is 0. The van der Waals surface area contributed by atoms with Gasteiger partial charge in [0.2, 0.25) is 0 Å². The maximum atomic E-state index is 6.12. The molecule has 2 N–H and O–H groups in total. The van der Waals surface area contributed by atoms with Crippen LogP contribution in [-0.2, 0) is 6.42 Å². The minimum atomic E-state index is 0.330. The molecule has 1 nitrogen and oxygen atoms in total. The molecule has 96 valence electrons. The Bertz CT molecular complexity index is 302. The molecule has 0 aliphatic carbocycles. The molecule has 1 unspecified atom stereocenters. The van der Waals surface area contributed by atoms with E-state index in [1.807, 2.05) is 11.8 Å². The normalized spacial score (nSPS) is 13.6. The SMILES string of the molecule is CC(C)(C)SCC(N)CCCc1ccccc1. The smallest absolute Gasteiger partial charge is 0.0130 e. The molecule has 1 atom stereocenters. The topological polar surface area (TPSA) is 26.0 Å². The first-order valence-electron chi connectivity index (χ1n) is 6.41. The lowest BCUT2D eigenvalue weighted by Crippen LogP contribution is -2.25. The molecular formula is C15H25NS. The molecule has 2 heteroatoms. The zero-order valence-electron chi connectivity index (χ0n) is 11.3. The van der Waals surface area contributed by atoms with E-state index in [2.05, 4.69) is 51.1 Å². The second kappa shape index (κ2) is 7.07. The minimum absolute atomic E-state index is 0.330. The number of rotatable bonds is 6. The predicted molar refractivity (Wildman–Crippen MR) is 79.6 cm³/mol. The van der Waals surface area contributed by atoms with Crippen molar-refractivity contribution in [2.45, 2.75) is 50.8 Å². The summed E-state index contributed by atoms with van der Waals surface area (Å²) >= 11 is 1.96. The van der Waals surface area contributed by atoms with E-state index in [4.69, 9.17) is 5.73 Å². The van der Waals surface area contributed by atoms with Crippen molar-refractivity contribution < 1.29 is 0 Å². The fourth-order valence-corrected chi connectivity index (χ4v) is 2.53. The molecule has 0 aromatic heterocycles. The molecule has 0 fully saturated rings. The average Bonchev–Trinajstić information content (AvgIpc) is 2.27. The van der Waals surface area contributed by atoms with Crippen molar-refractivity contribution in [3.8, 4) is 0 Å². The van der Waals surface area contributed by atoms with Gasteiger partial charge in [0.25, 0.3) is 0 Å². The van der Waals surface area contributed by atoms with Crippen LogP contribution in [-0.4, -0.2) is 16.5 Å². The van der Waals surface area contributed by atoms with Crippen LogP contribution < -0.4 is 5.73 Å². The van der Waals surface area contributed by atoms with Crippen LogP contribution in [0.25, 0.3) is 0 Å². The third-order valence-corrected chi connectivity index (χ3v) is 4.07. The first-order chi connectivity index (χ1) is 7.97. The quantitative estimate of drug-likeness (QED) is 0.830. The van der Waals surface area contributed by atoms with Gasteiger partial charge in [0, 0.05) is 16.5 Å². The summed E-state index contributed by atoms with van der Waals surface area (Å²) in [5.41, 5.74) is 7.54. The van der Waals surface area contributed by atoms with E-state index in [0.717, 1.165) is 18.6 Å². The van der Waals surface area contributed by atoms with Crippen LogP contribution in [0.15, 0.2) is 30.3 Å². The molecule has 1 rings (SSSR count). The van der Waals surface area contributed by atoms with Crippen LogP contribution in [0.2, 0.25) is 0 Å². The highest BCUT2D eigenvalue weighted by Crippen LogP contribution is 2.24. The zero-order valence-corrected chi connectivity index (χ0v) is 12.1. The summed E-state index contributed by atoms with van der Waals surface area (Å²) in [6.07, 6.45) is 3.46. The Morgan fingerprint density at radius 2 is 1.82 bits per heavy atom. The number of hydrogen-bond donors (Lipinski definition) is 1. The van der Waals surface area contributed by atoms with E-state index < -0.39 is 0 Å². The lowest BCUT2D eigenvalue weighted by molar-refractivity contribution is 0.628. The maximum Gasteiger partial charge on any atom is 0.0130 e. The lowest BCUT2D eigenvalue weighted by Gasteiger charge is -2.20. The van der Waals surface area contributed by atoms with Crippen molar-refractivity contribution in [1.82, 2.24) is 0 Å². The van der Waals surface area contributed by atoms with Gasteiger partial charge in [-0.3, -0.25) is 0 Å². The third kappa shape index (κ3) is 7.45. The van der Waals surface area contributed by atoms with E-state index in [-0.39, 0.29) is 0 Å². The van der Waals surface area contributed by atoms with Gasteiger partial charge in [-0.25, -0.2) is 0 Å². The fourth-order valence-electron chi connectivity index (χ4n) is 1.65. The molecule has 0 saturated heterocycles. The molecule has 0 saturated carbocycles. The molecule has 0 spiro atoms. The summed E-state index contributed by atoms with van der Waals surface area (Å²) < 4.78 is 0.330. The van der Waals surface area contributed by atoms with Crippen LogP contribution in [0.4, 0.5) is 0 Å². The number of nitrogens with two attached hydrogens (primary N) is 1. The van der Waals surface area contributed by atoms with E-state index in [9.17, 15) is 0 Å². The van der Waals surface area contributed by atoms with Crippen molar-refractivity contribution in [3.63, 3.8) is 0 Å². The van der Waals surface area contributed by atoms with Crippen LogP contribution in [0.3, 0.4) is 0 Å². The van der Waals surface area contributed by atoms with Gasteiger partial charge < -0.3 is 5.73 Å². The van der Waals surface area contributed by atoms with Gasteiger partial charge in [0.15, 0.2) is 0 Å². The molecule has 0 heterocycles. The zero-order chi connectivity index (χ0) is 12.7. The van der Waals surface area contributed by atoms with Crippen molar-refractivity contribution in [2.75, 3.05) is 5.75 Å². The molecule has 1 aromatic carbocycles. The molecule has 0 aliphatic heterocycles. The highest BCUT2D eigenvalue weighted by molar-refractivity contribution is 8.00. The van der Waals surface area contributed by atoms with Gasteiger partial charge in [0.05, 0.1) is 0 Å². The molecule has 0 radical (unpaired) electrons. The molecule has 0 amide bonds. The average molecular weight is 251 g/mol. The van der Waals surface area contributed by atoms with Gasteiger partial charge in [-0.1, -0.05) is 51.1 Å². The van der Waals surface area contributed by atoms with Crippen molar-refractivity contribution >= 4 is 11.8 Å². The second-order valence-electron chi connectivity index (χ2n) is 5.56. The number of hydrogen-bond acceptors (Lipinski definition) is 2. The Hall–Kier alpha value is -0.470. The summed E-state index contributed by atoms with van der Waals surface area (Å²) in [6.45, 7) is 6.73. The summed E-state index contributed by atoms with van der Waals surface area (Å²) in [5, 5.41) is 0. The Morgan fingerprint density at radius 1 is 1.18 bits per heavy atom. The summed E-state index contributed by atoms with van der Waals surface area (Å²) in [5.74, 6) is 1.07. The molecular weight excluding hydrogens is 226 g/mol. The molecule has 0 aliphatic rings. The highest BCUT2D eigenvalue weighted by Gasteiger charge is 2.12. The minimum Gasteiger partial charge on any atom is -0.327 e. The van der Waals surface area contributed by atoms with E-state index in [1.54, 1.807) is 0 Å². The van der Waals surface area contributed by atoms with Crippen molar-refractivity contribution in [2.24, 2.45) is 5.73 Å². The van der Waals surface area contributed by atoms with E-state index >= 15 is 0 Å². The van der Waals surface area contributed by atoms with Crippen molar-refractivity contribution in [3.05, 3.63) is 35.9 Å². The van der Waals surface area contributed by atoms with Gasteiger partial charge in [-0.2, -0.15) is 11.8 Å². The van der Waals surface area contributed by atoms with Gasteiger partial charge >= 0.3 is 0 Å². The van der Waals surface area contributed by atoms with Crippen LogP contribution in [0.1, 0.15) is 39.2 Å². The molecule has 1 aromatic rings. The number of benzene rings is 1. The Labute approximate surface area is 110 Å². The predicted octanol–water partition coefficient (Wildman–Crippen LogP) is 3.87. The van der Waals surface area contributed by atoms with Gasteiger partial charge in [-0.15, -0.1) is 0 Å². The lowest BCUT2D eigenvalue weighted by atomic mass is 10.1. The first kappa shape index (κ1) is 14.6. The van der Waals surface area contributed by atoms with Crippen LogP contribution in [0.5, 0.6) is 0 Å². The van der Waals surface area contributed by atoms with Gasteiger partial charge in [-0.05, 0) is 24.8 Å². The summed E-state index contributed by atoms with van der Waals surface area (Å²) in [6, 6.07) is 11.0. The Kier molecular flexibility index (Phi) is 6.07. The molecule has 0 bridgehead atoms. The van der Waals surface area contributed by atoms with Crippen molar-refractivity contribution in [1.29, 1.82) is 0 Å². The van der Waals surface area contributed by atoms with Crippen LogP contribution >= 0.6 is 11.8 Å². The Morgan fingerprint density at radius 3 is 2.41 bits per heavy atom. The number of thioether (sulfide) groups is 1.